The smallest absolute Gasteiger partial charge is 0.224 e. The van der Waals surface area contributed by atoms with Gasteiger partial charge in [0.15, 0.2) is 0 Å². The van der Waals surface area contributed by atoms with Crippen LogP contribution in [0.15, 0.2) is 0 Å². The highest BCUT2D eigenvalue weighted by Crippen LogP contribution is 2.23. The molecular weight excluding hydrogens is 176 g/mol. The number of likely N-dealkylation sites (tertiary alicyclic amines) is 1. The van der Waals surface area contributed by atoms with E-state index in [2.05, 4.69) is 4.90 Å². The molecule has 1 aliphatic rings. The van der Waals surface area contributed by atoms with Gasteiger partial charge in [0, 0.05) is 6.54 Å². The summed E-state index contributed by atoms with van der Waals surface area (Å²) in [5.41, 5.74) is 5.10. The van der Waals surface area contributed by atoms with Gasteiger partial charge in [-0.2, -0.15) is 0 Å². The Morgan fingerprint density at radius 1 is 1.36 bits per heavy atom. The van der Waals surface area contributed by atoms with Crippen LogP contribution in [0.4, 0.5) is 0 Å². The number of carbonyl (C=O) groups is 1. The van der Waals surface area contributed by atoms with Crippen LogP contribution in [0.2, 0.25) is 0 Å². The second kappa shape index (κ2) is 4.78. The number of piperidine rings is 1. The summed E-state index contributed by atoms with van der Waals surface area (Å²) < 4.78 is 0. The Morgan fingerprint density at radius 2 is 1.93 bits per heavy atom. The first-order valence-corrected chi connectivity index (χ1v) is 5.61. The van der Waals surface area contributed by atoms with Crippen molar-refractivity contribution in [3.8, 4) is 0 Å². The van der Waals surface area contributed by atoms with E-state index in [1.165, 1.54) is 19.3 Å². The zero-order valence-electron chi connectivity index (χ0n) is 9.38. The number of rotatable bonds is 4. The van der Waals surface area contributed by atoms with Gasteiger partial charge in [0.2, 0.25) is 5.91 Å². The van der Waals surface area contributed by atoms with Crippen LogP contribution in [0.1, 0.15) is 39.5 Å². The molecule has 3 nitrogen and oxygen atoms in total. The van der Waals surface area contributed by atoms with Crippen molar-refractivity contribution in [3.05, 3.63) is 0 Å². The molecule has 2 N–H and O–H groups in total. The van der Waals surface area contributed by atoms with Gasteiger partial charge in [0.05, 0.1) is 5.41 Å². The molecule has 0 bridgehead atoms. The Balaban J connectivity index is 2.50. The standard InChI is InChI=1S/C11H22N2O/c1-3-11(2,10(12)14)9-13-7-5-4-6-8-13/h3-9H2,1-2H3,(H2,12,14). The highest BCUT2D eigenvalue weighted by molar-refractivity contribution is 5.80. The number of hydrogen-bond acceptors (Lipinski definition) is 2. The fraction of sp³-hybridized carbons (Fsp3) is 0.909. The van der Waals surface area contributed by atoms with Crippen LogP contribution in [-0.2, 0) is 4.79 Å². The van der Waals surface area contributed by atoms with Gasteiger partial charge < -0.3 is 10.6 Å². The fourth-order valence-corrected chi connectivity index (χ4v) is 1.97. The van der Waals surface area contributed by atoms with E-state index >= 15 is 0 Å². The Labute approximate surface area is 86.6 Å². The summed E-state index contributed by atoms with van der Waals surface area (Å²) >= 11 is 0. The van der Waals surface area contributed by atoms with Crippen molar-refractivity contribution in [3.63, 3.8) is 0 Å². The van der Waals surface area contributed by atoms with E-state index in [1.54, 1.807) is 0 Å². The zero-order valence-corrected chi connectivity index (χ0v) is 9.38. The Hall–Kier alpha value is -0.570. The second-order valence-corrected chi connectivity index (χ2v) is 4.62. The van der Waals surface area contributed by atoms with Crippen LogP contribution in [0.5, 0.6) is 0 Å². The topological polar surface area (TPSA) is 46.3 Å². The molecule has 0 aliphatic carbocycles. The normalized spacial score (nSPS) is 23.0. The highest BCUT2D eigenvalue weighted by Gasteiger charge is 2.31. The number of primary amides is 1. The van der Waals surface area contributed by atoms with E-state index in [0.29, 0.717) is 0 Å². The molecule has 1 aliphatic heterocycles. The summed E-state index contributed by atoms with van der Waals surface area (Å²) in [5.74, 6) is -0.162. The lowest BCUT2D eigenvalue weighted by atomic mass is 9.85. The molecule has 0 radical (unpaired) electrons. The summed E-state index contributed by atoms with van der Waals surface area (Å²) in [5, 5.41) is 0. The molecule has 82 valence electrons. The van der Waals surface area contributed by atoms with Gasteiger partial charge in [-0.05, 0) is 39.3 Å². The van der Waals surface area contributed by atoms with E-state index < -0.39 is 0 Å². The minimum Gasteiger partial charge on any atom is -0.369 e. The summed E-state index contributed by atoms with van der Waals surface area (Å²) in [6.07, 6.45) is 4.69. The van der Waals surface area contributed by atoms with Crippen LogP contribution in [0, 0.1) is 5.41 Å². The molecule has 1 saturated heterocycles. The Kier molecular flexibility index (Phi) is 3.93. The maximum Gasteiger partial charge on any atom is 0.224 e. The van der Waals surface area contributed by atoms with Crippen molar-refractivity contribution >= 4 is 5.91 Å². The molecule has 0 aromatic rings. The number of nitrogens with zero attached hydrogens (tertiary/aromatic N) is 1. The molecule has 0 saturated carbocycles. The van der Waals surface area contributed by atoms with Crippen molar-refractivity contribution < 1.29 is 4.79 Å². The van der Waals surface area contributed by atoms with Gasteiger partial charge in [-0.1, -0.05) is 13.3 Å². The van der Waals surface area contributed by atoms with E-state index in [-0.39, 0.29) is 11.3 Å². The first kappa shape index (κ1) is 11.5. The van der Waals surface area contributed by atoms with Crippen molar-refractivity contribution in [2.45, 2.75) is 39.5 Å². The van der Waals surface area contributed by atoms with Crippen LogP contribution in [0.3, 0.4) is 0 Å². The molecule has 0 spiro atoms. The van der Waals surface area contributed by atoms with Crippen molar-refractivity contribution in [1.29, 1.82) is 0 Å². The first-order chi connectivity index (χ1) is 6.58. The molecule has 14 heavy (non-hydrogen) atoms. The summed E-state index contributed by atoms with van der Waals surface area (Å²) in [6.45, 7) is 7.10. The number of carbonyl (C=O) groups excluding carboxylic acids is 1. The minimum atomic E-state index is -0.336. The SMILES string of the molecule is CCC(C)(CN1CCCCC1)C(N)=O. The second-order valence-electron chi connectivity index (χ2n) is 4.62. The molecule has 1 unspecified atom stereocenters. The Bertz CT molecular complexity index is 199. The van der Waals surface area contributed by atoms with Gasteiger partial charge >= 0.3 is 0 Å². The average Bonchev–Trinajstić information content (AvgIpc) is 2.19. The number of amides is 1. The first-order valence-electron chi connectivity index (χ1n) is 5.61. The van der Waals surface area contributed by atoms with Crippen LogP contribution in [0.25, 0.3) is 0 Å². The van der Waals surface area contributed by atoms with E-state index in [0.717, 1.165) is 26.1 Å². The summed E-state index contributed by atoms with van der Waals surface area (Å²) in [6, 6.07) is 0. The van der Waals surface area contributed by atoms with E-state index in [1.807, 2.05) is 13.8 Å². The number of nitrogens with two attached hydrogens (primary N) is 1. The monoisotopic (exact) mass is 198 g/mol. The number of hydrogen-bond donors (Lipinski definition) is 1. The molecular formula is C11H22N2O. The maximum atomic E-state index is 11.3. The lowest BCUT2D eigenvalue weighted by Crippen LogP contribution is -2.45. The average molecular weight is 198 g/mol. The quantitative estimate of drug-likeness (QED) is 0.741. The van der Waals surface area contributed by atoms with Gasteiger partial charge in [0.1, 0.15) is 0 Å². The third-order valence-electron chi connectivity index (χ3n) is 3.40. The largest absolute Gasteiger partial charge is 0.369 e. The third kappa shape index (κ3) is 2.71. The van der Waals surface area contributed by atoms with Gasteiger partial charge in [-0.15, -0.1) is 0 Å². The highest BCUT2D eigenvalue weighted by atomic mass is 16.1. The van der Waals surface area contributed by atoms with Gasteiger partial charge in [-0.25, -0.2) is 0 Å². The molecule has 1 heterocycles. The van der Waals surface area contributed by atoms with Gasteiger partial charge in [-0.3, -0.25) is 4.79 Å². The van der Waals surface area contributed by atoms with Gasteiger partial charge in [0.25, 0.3) is 0 Å². The van der Waals surface area contributed by atoms with Crippen LogP contribution < -0.4 is 5.73 Å². The molecule has 1 fully saturated rings. The molecule has 3 heteroatoms. The predicted octanol–water partition coefficient (Wildman–Crippen LogP) is 1.37. The lowest BCUT2D eigenvalue weighted by molar-refractivity contribution is -0.128. The summed E-state index contributed by atoms with van der Waals surface area (Å²) in [7, 11) is 0. The summed E-state index contributed by atoms with van der Waals surface area (Å²) in [4.78, 5) is 13.7. The molecule has 1 rings (SSSR count). The zero-order chi connectivity index (χ0) is 10.6. The molecule has 1 amide bonds. The van der Waals surface area contributed by atoms with Crippen molar-refractivity contribution in [2.24, 2.45) is 11.1 Å². The van der Waals surface area contributed by atoms with E-state index in [4.69, 9.17) is 5.73 Å². The van der Waals surface area contributed by atoms with E-state index in [9.17, 15) is 4.79 Å². The molecule has 1 atom stereocenters. The third-order valence-corrected chi connectivity index (χ3v) is 3.40. The lowest BCUT2D eigenvalue weighted by Gasteiger charge is -2.34. The van der Waals surface area contributed by atoms with Crippen molar-refractivity contribution in [1.82, 2.24) is 4.90 Å². The molecule has 0 aromatic carbocycles. The van der Waals surface area contributed by atoms with Crippen molar-refractivity contribution in [2.75, 3.05) is 19.6 Å². The van der Waals surface area contributed by atoms with Crippen LogP contribution >= 0.6 is 0 Å². The minimum absolute atomic E-state index is 0.162. The maximum absolute atomic E-state index is 11.3. The molecule has 0 aromatic heterocycles. The predicted molar refractivity (Wildman–Crippen MR) is 57.9 cm³/mol. The fourth-order valence-electron chi connectivity index (χ4n) is 1.97. The van der Waals surface area contributed by atoms with Crippen LogP contribution in [-0.4, -0.2) is 30.4 Å². The Morgan fingerprint density at radius 3 is 2.36 bits per heavy atom.